The molecule has 1 aromatic heterocycles. The molecule has 40 heavy (non-hydrogen) atoms. The van der Waals surface area contributed by atoms with Gasteiger partial charge >= 0.3 is 0 Å². The Hall–Kier alpha value is -3.96. The van der Waals surface area contributed by atoms with Gasteiger partial charge < -0.3 is 9.57 Å². The fourth-order valence-corrected chi connectivity index (χ4v) is 9.20. The number of aryl methyl sites for hydroxylation is 1. The maximum Gasteiger partial charge on any atom is 0.238 e. The Morgan fingerprint density at radius 2 is 1.73 bits per heavy atom. The van der Waals surface area contributed by atoms with Crippen LogP contribution >= 0.6 is 11.3 Å². The number of benzene rings is 2. The van der Waals surface area contributed by atoms with E-state index in [0.29, 0.717) is 17.2 Å². The summed E-state index contributed by atoms with van der Waals surface area (Å²) in [4.78, 5) is 36.3. The Morgan fingerprint density at radius 3 is 2.50 bits per heavy atom. The van der Waals surface area contributed by atoms with Crippen molar-refractivity contribution in [1.29, 1.82) is 5.26 Å². The molecule has 8 rings (SSSR count). The molecule has 0 unspecified atom stereocenters. The van der Waals surface area contributed by atoms with Crippen molar-refractivity contribution in [3.05, 3.63) is 81.7 Å². The number of ether oxygens (including phenoxy) is 1. The third-order valence-corrected chi connectivity index (χ3v) is 10.8. The van der Waals surface area contributed by atoms with Crippen molar-refractivity contribution in [2.75, 3.05) is 4.90 Å². The summed E-state index contributed by atoms with van der Waals surface area (Å²) in [5.74, 6) is -0.382. The Bertz CT molecular complexity index is 1610. The third kappa shape index (κ3) is 3.37. The second-order valence-electron chi connectivity index (χ2n) is 11.5. The number of rotatable bonds is 5. The second kappa shape index (κ2) is 9.03. The summed E-state index contributed by atoms with van der Waals surface area (Å²) in [5.41, 5.74) is 4.49. The molecule has 2 bridgehead atoms. The van der Waals surface area contributed by atoms with Crippen LogP contribution in [0.15, 0.2) is 59.8 Å². The van der Waals surface area contributed by atoms with Crippen LogP contribution in [-0.2, 0) is 33.9 Å². The van der Waals surface area contributed by atoms with Gasteiger partial charge in [0, 0.05) is 22.3 Å². The van der Waals surface area contributed by atoms with E-state index >= 15 is 0 Å². The van der Waals surface area contributed by atoms with E-state index in [0.717, 1.165) is 65.1 Å². The molecular formula is C32H27N3O4S. The molecule has 8 heteroatoms. The minimum Gasteiger partial charge on any atom is -0.489 e. The van der Waals surface area contributed by atoms with E-state index in [9.17, 15) is 14.9 Å². The van der Waals surface area contributed by atoms with E-state index < -0.39 is 5.92 Å². The van der Waals surface area contributed by atoms with Gasteiger partial charge in [-0.25, -0.2) is 4.90 Å². The number of oxime groups is 1. The summed E-state index contributed by atoms with van der Waals surface area (Å²) < 4.78 is 5.95. The van der Waals surface area contributed by atoms with Crippen LogP contribution in [0.2, 0.25) is 0 Å². The van der Waals surface area contributed by atoms with Gasteiger partial charge in [0.05, 0.1) is 23.1 Å². The van der Waals surface area contributed by atoms with Crippen LogP contribution in [0.4, 0.5) is 5.00 Å². The molecule has 2 aliphatic heterocycles. The number of anilines is 1. The highest BCUT2D eigenvalue weighted by atomic mass is 32.1. The van der Waals surface area contributed by atoms with E-state index in [-0.39, 0.29) is 41.6 Å². The topological polar surface area (TPSA) is 92.0 Å². The molecule has 6 atom stereocenters. The van der Waals surface area contributed by atoms with Crippen molar-refractivity contribution in [3.8, 4) is 11.8 Å². The predicted molar refractivity (Wildman–Crippen MR) is 149 cm³/mol. The van der Waals surface area contributed by atoms with Crippen LogP contribution in [0.1, 0.15) is 46.4 Å². The normalized spacial score (nSPS) is 29.5. The van der Waals surface area contributed by atoms with Gasteiger partial charge in [0.25, 0.3) is 0 Å². The zero-order valence-corrected chi connectivity index (χ0v) is 22.6. The van der Waals surface area contributed by atoms with Gasteiger partial charge in [0.1, 0.15) is 29.5 Å². The highest BCUT2D eigenvalue weighted by molar-refractivity contribution is 7.17. The highest BCUT2D eigenvalue weighted by Gasteiger charge is 2.70. The van der Waals surface area contributed by atoms with E-state index in [4.69, 9.17) is 9.57 Å². The SMILES string of the molecule is N#Cc1c(N2C(=O)[C@@H]3[C@H]4C[C@H]([C@H]5ON=C(c6ccc(OCc7ccccc7)cc6)[C@@H]45)[C@@H]3C2=O)sc2c1CCCC2. The van der Waals surface area contributed by atoms with E-state index in [1.807, 2.05) is 54.6 Å². The first-order valence-electron chi connectivity index (χ1n) is 14.1. The molecule has 3 aliphatic carbocycles. The number of carbonyl (C=O) groups is 2. The van der Waals surface area contributed by atoms with Crippen molar-refractivity contribution in [1.82, 2.24) is 0 Å². The van der Waals surface area contributed by atoms with E-state index in [1.165, 1.54) is 16.2 Å². The lowest BCUT2D eigenvalue weighted by molar-refractivity contribution is -0.125. The Kier molecular flexibility index (Phi) is 5.39. The summed E-state index contributed by atoms with van der Waals surface area (Å²) in [7, 11) is 0. The fourth-order valence-electron chi connectivity index (χ4n) is 7.85. The van der Waals surface area contributed by atoms with Crippen LogP contribution in [0, 0.1) is 40.9 Å². The van der Waals surface area contributed by atoms with Crippen molar-refractivity contribution in [3.63, 3.8) is 0 Å². The maximum absolute atomic E-state index is 13.9. The molecule has 0 N–H and O–H groups in total. The molecule has 0 spiro atoms. The number of imide groups is 1. The van der Waals surface area contributed by atoms with Gasteiger partial charge in [-0.3, -0.25) is 9.59 Å². The molecule has 3 heterocycles. The van der Waals surface area contributed by atoms with Gasteiger partial charge in [-0.2, -0.15) is 5.26 Å². The molecule has 2 aromatic carbocycles. The Labute approximate surface area is 236 Å². The Balaban J connectivity index is 1.04. The number of nitrogens with zero attached hydrogens (tertiary/aromatic N) is 3. The molecule has 3 fully saturated rings. The first-order chi connectivity index (χ1) is 19.6. The predicted octanol–water partition coefficient (Wildman–Crippen LogP) is 5.25. The molecule has 0 radical (unpaired) electrons. The lowest BCUT2D eigenvalue weighted by Crippen LogP contribution is -2.41. The lowest BCUT2D eigenvalue weighted by atomic mass is 9.71. The first kappa shape index (κ1) is 23.9. The molecule has 200 valence electrons. The van der Waals surface area contributed by atoms with Crippen molar-refractivity contribution >= 4 is 33.9 Å². The fraction of sp³-hybridized carbons (Fsp3) is 0.375. The van der Waals surface area contributed by atoms with Crippen LogP contribution in [-0.4, -0.2) is 23.6 Å². The summed E-state index contributed by atoms with van der Waals surface area (Å²) in [6, 6.07) is 20.2. The largest absolute Gasteiger partial charge is 0.489 e. The third-order valence-electron chi connectivity index (χ3n) is 9.56. The van der Waals surface area contributed by atoms with Crippen LogP contribution < -0.4 is 9.64 Å². The number of hydrogen-bond acceptors (Lipinski definition) is 7. The molecule has 3 aromatic rings. The zero-order chi connectivity index (χ0) is 27.0. The zero-order valence-electron chi connectivity index (χ0n) is 21.8. The van der Waals surface area contributed by atoms with E-state index in [1.54, 1.807) is 0 Å². The van der Waals surface area contributed by atoms with Crippen molar-refractivity contribution in [2.24, 2.45) is 34.7 Å². The average Bonchev–Trinajstić information content (AvgIpc) is 3.79. The summed E-state index contributed by atoms with van der Waals surface area (Å²) in [5, 5.41) is 15.0. The van der Waals surface area contributed by atoms with Crippen LogP contribution in [0.5, 0.6) is 5.75 Å². The van der Waals surface area contributed by atoms with Gasteiger partial charge in [0.15, 0.2) is 0 Å². The molecule has 5 aliphatic rings. The monoisotopic (exact) mass is 549 g/mol. The van der Waals surface area contributed by atoms with Crippen LogP contribution in [0.25, 0.3) is 0 Å². The van der Waals surface area contributed by atoms with Gasteiger partial charge in [-0.05, 0) is 73.4 Å². The van der Waals surface area contributed by atoms with E-state index in [2.05, 4.69) is 11.2 Å². The second-order valence-corrected chi connectivity index (χ2v) is 12.6. The van der Waals surface area contributed by atoms with Crippen molar-refractivity contribution < 1.29 is 19.2 Å². The summed E-state index contributed by atoms with van der Waals surface area (Å²) in [6.45, 7) is 0.495. The molecular weight excluding hydrogens is 522 g/mol. The minimum absolute atomic E-state index is 0.00294. The number of thiophene rings is 1. The van der Waals surface area contributed by atoms with Gasteiger partial charge in [0.2, 0.25) is 11.8 Å². The van der Waals surface area contributed by atoms with Gasteiger partial charge in [-0.1, -0.05) is 35.5 Å². The quantitative estimate of drug-likeness (QED) is 0.405. The molecule has 7 nitrogen and oxygen atoms in total. The van der Waals surface area contributed by atoms with Gasteiger partial charge in [-0.15, -0.1) is 11.3 Å². The number of carbonyl (C=O) groups excluding carboxylic acids is 2. The standard InChI is InChI=1S/C32H27N3O4S/c33-15-23-20-8-4-5-9-24(20)40-32(23)35-30(36)25-21-14-22(26(25)31(35)37)29-27(21)28(34-39-29)18-10-12-19(13-11-18)38-16-17-6-2-1-3-7-17/h1-3,6-7,10-13,21-22,25-27,29H,4-5,8-9,14,16H2/t21-,22+,25-,26+,27-,29-/m1/s1. The molecule has 2 saturated carbocycles. The highest BCUT2D eigenvalue weighted by Crippen LogP contribution is 2.62. The minimum atomic E-state index is -0.396. The maximum atomic E-state index is 13.9. The summed E-state index contributed by atoms with van der Waals surface area (Å²) in [6.07, 6.45) is 4.47. The number of hydrogen-bond donors (Lipinski definition) is 0. The van der Waals surface area contributed by atoms with Crippen molar-refractivity contribution in [2.45, 2.75) is 44.8 Å². The number of amides is 2. The lowest BCUT2D eigenvalue weighted by Gasteiger charge is -2.29. The first-order valence-corrected chi connectivity index (χ1v) is 14.9. The summed E-state index contributed by atoms with van der Waals surface area (Å²) >= 11 is 1.47. The van der Waals surface area contributed by atoms with Crippen LogP contribution in [0.3, 0.4) is 0 Å². The smallest absolute Gasteiger partial charge is 0.238 e. The molecule has 2 amide bonds. The number of nitriles is 1. The average molecular weight is 550 g/mol. The Morgan fingerprint density at radius 1 is 0.975 bits per heavy atom. The molecule has 1 saturated heterocycles. The number of fused-ring (bicyclic) bond motifs is 9.